The maximum absolute atomic E-state index is 13.8. The third-order valence-electron chi connectivity index (χ3n) is 3.49. The van der Waals surface area contributed by atoms with Crippen molar-refractivity contribution in [1.29, 1.82) is 0 Å². The van der Waals surface area contributed by atoms with Crippen LogP contribution in [0.5, 0.6) is 0 Å². The molecule has 2 rings (SSSR count). The van der Waals surface area contributed by atoms with Gasteiger partial charge in [0.1, 0.15) is 23.3 Å². The summed E-state index contributed by atoms with van der Waals surface area (Å²) >= 11 is 0. The van der Waals surface area contributed by atoms with Gasteiger partial charge in [-0.05, 0) is 24.1 Å². The van der Waals surface area contributed by atoms with Crippen molar-refractivity contribution in [1.82, 2.24) is 10.0 Å². The number of hydrogen-bond donors (Lipinski definition) is 2. The molecule has 2 N–H and O–H groups in total. The Morgan fingerprint density at radius 1 is 1.00 bits per heavy atom. The first-order valence-electron chi connectivity index (χ1n) is 7.74. The van der Waals surface area contributed by atoms with Crippen LogP contribution in [0.1, 0.15) is 5.56 Å². The summed E-state index contributed by atoms with van der Waals surface area (Å²) in [6.07, 6.45) is -4.87. The lowest BCUT2D eigenvalue weighted by atomic mass is 10.1. The van der Waals surface area contributed by atoms with E-state index >= 15 is 0 Å². The van der Waals surface area contributed by atoms with Crippen LogP contribution in [0, 0.1) is 5.82 Å². The number of nitrogens with one attached hydrogen (secondary N) is 2. The third-order valence-corrected chi connectivity index (χ3v) is 4.99. The maximum atomic E-state index is 13.8. The Labute approximate surface area is 153 Å². The van der Waals surface area contributed by atoms with Crippen LogP contribution in [-0.2, 0) is 21.2 Å². The molecule has 0 radical (unpaired) electrons. The molecule has 0 aromatic heterocycles. The minimum atomic E-state index is -4.66. The Morgan fingerprint density at radius 3 is 2.19 bits per heavy atom. The normalized spacial score (nSPS) is 13.2. The van der Waals surface area contributed by atoms with E-state index in [2.05, 4.69) is 0 Å². The van der Waals surface area contributed by atoms with Crippen LogP contribution >= 0.6 is 0 Å². The molecule has 0 aliphatic rings. The van der Waals surface area contributed by atoms with E-state index in [1.807, 2.05) is 4.72 Å². The van der Waals surface area contributed by atoms with Gasteiger partial charge < -0.3 is 5.32 Å². The molecule has 0 heterocycles. The summed E-state index contributed by atoms with van der Waals surface area (Å²) in [5.41, 5.74) is 0.515. The standard InChI is InChI=1S/C17H16F4N2O3S/c18-13-8-4-5-9-15(13)27(25,26)23-14(10-12-6-2-1-3-7-12)16(24)22-11-17(19,20)21/h1-9,14,23H,10-11H2,(H,22,24). The van der Waals surface area contributed by atoms with E-state index < -0.39 is 45.4 Å². The summed E-state index contributed by atoms with van der Waals surface area (Å²) in [5, 5.41) is 1.65. The van der Waals surface area contributed by atoms with Gasteiger partial charge in [-0.1, -0.05) is 42.5 Å². The summed E-state index contributed by atoms with van der Waals surface area (Å²) in [7, 11) is -4.48. The first-order valence-corrected chi connectivity index (χ1v) is 9.22. The fraction of sp³-hybridized carbons (Fsp3) is 0.235. The number of amides is 1. The van der Waals surface area contributed by atoms with Gasteiger partial charge in [0.15, 0.2) is 0 Å². The van der Waals surface area contributed by atoms with Gasteiger partial charge in [0, 0.05) is 0 Å². The van der Waals surface area contributed by atoms with Crippen molar-refractivity contribution in [3.63, 3.8) is 0 Å². The zero-order valence-electron chi connectivity index (χ0n) is 13.8. The minimum absolute atomic E-state index is 0.210. The van der Waals surface area contributed by atoms with Crippen LogP contribution in [0.4, 0.5) is 17.6 Å². The third kappa shape index (κ3) is 6.33. The molecule has 0 fully saturated rings. The summed E-state index contributed by atoms with van der Waals surface area (Å²) in [6, 6.07) is 11.0. The van der Waals surface area contributed by atoms with Gasteiger partial charge in [-0.25, -0.2) is 12.8 Å². The van der Waals surface area contributed by atoms with Crippen molar-refractivity contribution in [2.24, 2.45) is 0 Å². The maximum Gasteiger partial charge on any atom is 0.405 e. The zero-order chi connectivity index (χ0) is 20.1. The van der Waals surface area contributed by atoms with Crippen molar-refractivity contribution in [2.45, 2.75) is 23.5 Å². The number of sulfonamides is 1. The highest BCUT2D eigenvalue weighted by atomic mass is 32.2. The quantitative estimate of drug-likeness (QED) is 0.696. The molecule has 0 aliphatic heterocycles. The average molecular weight is 404 g/mol. The van der Waals surface area contributed by atoms with Gasteiger partial charge in [-0.15, -0.1) is 0 Å². The number of alkyl halides is 3. The van der Waals surface area contributed by atoms with Crippen molar-refractivity contribution in [3.8, 4) is 0 Å². The zero-order valence-corrected chi connectivity index (χ0v) is 14.6. The summed E-state index contributed by atoms with van der Waals surface area (Å²) < 4.78 is 77.7. The summed E-state index contributed by atoms with van der Waals surface area (Å²) in [4.78, 5) is 11.5. The minimum Gasteiger partial charge on any atom is -0.346 e. The van der Waals surface area contributed by atoms with Crippen LogP contribution in [0.15, 0.2) is 59.5 Å². The van der Waals surface area contributed by atoms with Crippen molar-refractivity contribution >= 4 is 15.9 Å². The van der Waals surface area contributed by atoms with E-state index in [1.54, 1.807) is 35.6 Å². The largest absolute Gasteiger partial charge is 0.405 e. The Kier molecular flexibility index (Phi) is 6.55. The fourth-order valence-electron chi connectivity index (χ4n) is 2.26. The molecule has 0 spiro atoms. The van der Waals surface area contributed by atoms with Crippen LogP contribution in [0.25, 0.3) is 0 Å². The van der Waals surface area contributed by atoms with Gasteiger partial charge in [0.25, 0.3) is 0 Å². The molecule has 10 heteroatoms. The van der Waals surface area contributed by atoms with E-state index in [-0.39, 0.29) is 6.42 Å². The van der Waals surface area contributed by atoms with Crippen molar-refractivity contribution in [2.75, 3.05) is 6.54 Å². The van der Waals surface area contributed by atoms with E-state index in [0.29, 0.717) is 5.56 Å². The van der Waals surface area contributed by atoms with Gasteiger partial charge in [-0.3, -0.25) is 4.79 Å². The average Bonchev–Trinajstić information content (AvgIpc) is 2.59. The van der Waals surface area contributed by atoms with Crippen molar-refractivity contribution < 1.29 is 30.8 Å². The number of carbonyl (C=O) groups excluding carboxylic acids is 1. The van der Waals surface area contributed by atoms with Crippen LogP contribution in [0.2, 0.25) is 0 Å². The SMILES string of the molecule is O=C(NCC(F)(F)F)C(Cc1ccccc1)NS(=O)(=O)c1ccccc1F. The molecule has 0 aliphatic carbocycles. The molecule has 1 atom stereocenters. The molecule has 2 aromatic rings. The number of hydrogen-bond acceptors (Lipinski definition) is 3. The molecule has 0 saturated carbocycles. The molecule has 27 heavy (non-hydrogen) atoms. The number of rotatable bonds is 7. The fourth-order valence-corrected chi connectivity index (χ4v) is 3.54. The van der Waals surface area contributed by atoms with Gasteiger partial charge in [0.05, 0.1) is 0 Å². The first kappa shape index (κ1) is 20.8. The summed E-state index contributed by atoms with van der Waals surface area (Å²) in [5.74, 6) is -2.21. The van der Waals surface area contributed by atoms with Crippen LogP contribution in [-0.4, -0.2) is 33.1 Å². The highest BCUT2D eigenvalue weighted by Gasteiger charge is 2.32. The molecule has 1 unspecified atom stereocenters. The van der Waals surface area contributed by atoms with Gasteiger partial charge in [0.2, 0.25) is 15.9 Å². The highest BCUT2D eigenvalue weighted by molar-refractivity contribution is 7.89. The molecule has 146 valence electrons. The Balaban J connectivity index is 2.26. The second-order valence-electron chi connectivity index (χ2n) is 5.63. The topological polar surface area (TPSA) is 75.3 Å². The Bertz CT molecular complexity index is 887. The second-order valence-corrected chi connectivity index (χ2v) is 7.31. The molecule has 0 saturated heterocycles. The molecule has 2 aromatic carbocycles. The summed E-state index contributed by atoms with van der Waals surface area (Å²) in [6.45, 7) is -1.61. The van der Waals surface area contributed by atoms with Gasteiger partial charge >= 0.3 is 6.18 Å². The molecule has 5 nitrogen and oxygen atoms in total. The van der Waals surface area contributed by atoms with E-state index in [4.69, 9.17) is 0 Å². The smallest absolute Gasteiger partial charge is 0.346 e. The molecule has 1 amide bonds. The lowest BCUT2D eigenvalue weighted by molar-refractivity contribution is -0.139. The lowest BCUT2D eigenvalue weighted by Gasteiger charge is -2.19. The van der Waals surface area contributed by atoms with E-state index in [1.165, 1.54) is 12.1 Å². The number of halogens is 4. The first-order chi connectivity index (χ1) is 12.6. The highest BCUT2D eigenvalue weighted by Crippen LogP contribution is 2.16. The number of carbonyl (C=O) groups is 1. The predicted octanol–water partition coefficient (Wildman–Crippen LogP) is 2.39. The Hall–Kier alpha value is -2.46. The Morgan fingerprint density at radius 2 is 1.59 bits per heavy atom. The number of benzene rings is 2. The lowest BCUT2D eigenvalue weighted by Crippen LogP contribution is -2.49. The molecule has 0 bridgehead atoms. The predicted molar refractivity (Wildman–Crippen MR) is 89.7 cm³/mol. The van der Waals surface area contributed by atoms with Crippen molar-refractivity contribution in [3.05, 3.63) is 66.0 Å². The van der Waals surface area contributed by atoms with Crippen LogP contribution < -0.4 is 10.0 Å². The van der Waals surface area contributed by atoms with Gasteiger partial charge in [-0.2, -0.15) is 17.9 Å². The van der Waals surface area contributed by atoms with E-state index in [0.717, 1.165) is 12.1 Å². The second kappa shape index (κ2) is 8.49. The molecular formula is C17H16F4N2O3S. The van der Waals surface area contributed by atoms with E-state index in [9.17, 15) is 30.8 Å². The monoisotopic (exact) mass is 404 g/mol. The van der Waals surface area contributed by atoms with Crippen LogP contribution in [0.3, 0.4) is 0 Å². The molecular weight excluding hydrogens is 388 g/mol.